The summed E-state index contributed by atoms with van der Waals surface area (Å²) in [7, 11) is 0. The molecule has 96 valence electrons. The molecule has 1 aromatic carbocycles. The molecule has 0 aliphatic carbocycles. The van der Waals surface area contributed by atoms with Crippen LogP contribution in [0, 0.1) is 0 Å². The molecule has 0 saturated heterocycles. The third kappa shape index (κ3) is 2.99. The predicted molar refractivity (Wildman–Crippen MR) is 75.5 cm³/mol. The summed E-state index contributed by atoms with van der Waals surface area (Å²) in [4.78, 5) is 7.72. The first-order valence-corrected chi connectivity index (χ1v) is 6.55. The van der Waals surface area contributed by atoms with Crippen LogP contribution in [-0.2, 0) is 6.42 Å². The quantitative estimate of drug-likeness (QED) is 0.847. The number of rotatable bonds is 5. The van der Waals surface area contributed by atoms with Gasteiger partial charge >= 0.3 is 0 Å². The highest BCUT2D eigenvalue weighted by molar-refractivity contribution is 5.58. The first-order valence-electron chi connectivity index (χ1n) is 6.55. The molecule has 1 aromatic heterocycles. The Kier molecular flexibility index (Phi) is 4.15. The normalized spacial score (nSPS) is 11.1. The lowest BCUT2D eigenvalue weighted by atomic mass is 10.0. The van der Waals surface area contributed by atoms with E-state index in [2.05, 4.69) is 48.1 Å². The van der Waals surface area contributed by atoms with E-state index in [9.17, 15) is 0 Å². The smallest absolute Gasteiger partial charge is 0.106 e. The van der Waals surface area contributed by atoms with Crippen molar-refractivity contribution in [2.75, 3.05) is 6.54 Å². The maximum absolute atomic E-state index is 5.50. The fourth-order valence-electron chi connectivity index (χ4n) is 1.95. The van der Waals surface area contributed by atoms with Gasteiger partial charge in [-0.1, -0.05) is 38.1 Å². The van der Waals surface area contributed by atoms with Crippen molar-refractivity contribution < 1.29 is 0 Å². The van der Waals surface area contributed by atoms with E-state index in [1.54, 1.807) is 0 Å². The predicted octanol–water partition coefficient (Wildman–Crippen LogP) is 3.09. The van der Waals surface area contributed by atoms with E-state index in [0.29, 0.717) is 12.5 Å². The molecule has 0 atom stereocenters. The maximum atomic E-state index is 5.50. The highest BCUT2D eigenvalue weighted by atomic mass is 14.9. The number of aryl methyl sites for hydroxylation is 1. The number of nitrogens with one attached hydrogen (secondary N) is 1. The third-order valence-electron chi connectivity index (χ3n) is 3.13. The number of H-pyrrole nitrogens is 1. The van der Waals surface area contributed by atoms with Gasteiger partial charge in [0.1, 0.15) is 5.82 Å². The highest BCUT2D eigenvalue weighted by Gasteiger charge is 2.04. The summed E-state index contributed by atoms with van der Waals surface area (Å²) in [6.45, 7) is 5.12. The van der Waals surface area contributed by atoms with E-state index in [1.807, 2.05) is 6.20 Å². The highest BCUT2D eigenvalue weighted by Crippen LogP contribution is 2.21. The van der Waals surface area contributed by atoms with Crippen LogP contribution in [0.5, 0.6) is 0 Å². The summed E-state index contributed by atoms with van der Waals surface area (Å²) >= 11 is 0. The topological polar surface area (TPSA) is 54.7 Å². The number of hydrogen-bond acceptors (Lipinski definition) is 2. The van der Waals surface area contributed by atoms with Crippen molar-refractivity contribution in [2.24, 2.45) is 5.73 Å². The van der Waals surface area contributed by atoms with Crippen molar-refractivity contribution in [1.29, 1.82) is 0 Å². The Morgan fingerprint density at radius 2 is 1.94 bits per heavy atom. The number of aromatic nitrogens is 2. The molecule has 0 radical (unpaired) electrons. The number of hydrogen-bond donors (Lipinski definition) is 2. The van der Waals surface area contributed by atoms with Crippen LogP contribution in [0.3, 0.4) is 0 Å². The van der Waals surface area contributed by atoms with Gasteiger partial charge in [-0.3, -0.25) is 0 Å². The van der Waals surface area contributed by atoms with Gasteiger partial charge in [0.15, 0.2) is 0 Å². The molecule has 18 heavy (non-hydrogen) atoms. The molecule has 3 heteroatoms. The average molecular weight is 243 g/mol. The molecular formula is C15H21N3. The van der Waals surface area contributed by atoms with Gasteiger partial charge in [0.25, 0.3) is 0 Å². The first-order chi connectivity index (χ1) is 8.70. The molecule has 0 bridgehead atoms. The molecular weight excluding hydrogens is 222 g/mol. The zero-order valence-electron chi connectivity index (χ0n) is 11.1. The number of aromatic amines is 1. The molecule has 1 heterocycles. The van der Waals surface area contributed by atoms with E-state index in [4.69, 9.17) is 5.73 Å². The minimum Gasteiger partial charge on any atom is -0.342 e. The number of nitrogens with two attached hydrogens (primary N) is 1. The molecule has 0 fully saturated rings. The van der Waals surface area contributed by atoms with Crippen molar-refractivity contribution in [3.05, 3.63) is 41.9 Å². The first kappa shape index (κ1) is 12.8. The summed E-state index contributed by atoms with van der Waals surface area (Å²) in [6.07, 6.45) is 3.79. The minimum atomic E-state index is 0.570. The Morgan fingerprint density at radius 3 is 2.56 bits per heavy atom. The summed E-state index contributed by atoms with van der Waals surface area (Å²) in [6, 6.07) is 8.66. The molecule has 0 aliphatic rings. The van der Waals surface area contributed by atoms with Crippen molar-refractivity contribution in [2.45, 2.75) is 32.6 Å². The molecule has 0 spiro atoms. The van der Waals surface area contributed by atoms with Crippen molar-refractivity contribution >= 4 is 0 Å². The van der Waals surface area contributed by atoms with Crippen LogP contribution in [-0.4, -0.2) is 16.5 Å². The van der Waals surface area contributed by atoms with Gasteiger partial charge in [0.2, 0.25) is 0 Å². The Morgan fingerprint density at radius 1 is 1.22 bits per heavy atom. The van der Waals surface area contributed by atoms with Gasteiger partial charge < -0.3 is 10.7 Å². The van der Waals surface area contributed by atoms with Crippen LogP contribution in [0.15, 0.2) is 30.5 Å². The van der Waals surface area contributed by atoms with Crippen LogP contribution in [0.4, 0.5) is 0 Å². The number of imidazole rings is 1. The van der Waals surface area contributed by atoms with Gasteiger partial charge in [-0.2, -0.15) is 0 Å². The van der Waals surface area contributed by atoms with Crippen LogP contribution in [0.2, 0.25) is 0 Å². The van der Waals surface area contributed by atoms with Crippen molar-refractivity contribution in [3.63, 3.8) is 0 Å². The van der Waals surface area contributed by atoms with Gasteiger partial charge in [0, 0.05) is 6.42 Å². The molecule has 3 nitrogen and oxygen atoms in total. The summed E-state index contributed by atoms with van der Waals surface area (Å²) in [5, 5.41) is 0. The van der Waals surface area contributed by atoms with E-state index < -0.39 is 0 Å². The molecule has 2 aromatic rings. The molecule has 0 amide bonds. The minimum absolute atomic E-state index is 0.570. The van der Waals surface area contributed by atoms with Gasteiger partial charge in [-0.25, -0.2) is 4.98 Å². The third-order valence-corrected chi connectivity index (χ3v) is 3.13. The summed E-state index contributed by atoms with van der Waals surface area (Å²) in [5.41, 5.74) is 9.13. The largest absolute Gasteiger partial charge is 0.342 e. The maximum Gasteiger partial charge on any atom is 0.106 e. The molecule has 0 saturated carbocycles. The van der Waals surface area contributed by atoms with Crippen molar-refractivity contribution in [3.8, 4) is 11.3 Å². The lowest BCUT2D eigenvalue weighted by Crippen LogP contribution is -2.01. The monoisotopic (exact) mass is 243 g/mol. The van der Waals surface area contributed by atoms with E-state index in [-0.39, 0.29) is 0 Å². The molecule has 0 unspecified atom stereocenters. The zero-order chi connectivity index (χ0) is 13.0. The Labute approximate surface area is 108 Å². The van der Waals surface area contributed by atoms with Crippen LogP contribution in [0.25, 0.3) is 11.3 Å². The fourth-order valence-corrected chi connectivity index (χ4v) is 1.95. The van der Waals surface area contributed by atoms with Crippen molar-refractivity contribution in [1.82, 2.24) is 9.97 Å². The van der Waals surface area contributed by atoms with Gasteiger partial charge in [0.05, 0.1) is 11.9 Å². The standard InChI is InChI=1S/C15H21N3/c1-11(2)12-5-7-13(8-6-12)14-10-17-15(18-14)4-3-9-16/h5-8,10-11H,3-4,9,16H2,1-2H3,(H,17,18). The van der Waals surface area contributed by atoms with Crippen LogP contribution >= 0.6 is 0 Å². The Hall–Kier alpha value is -1.61. The van der Waals surface area contributed by atoms with Gasteiger partial charge in [-0.05, 0) is 30.0 Å². The summed E-state index contributed by atoms with van der Waals surface area (Å²) < 4.78 is 0. The van der Waals surface area contributed by atoms with Crippen LogP contribution < -0.4 is 5.73 Å². The van der Waals surface area contributed by atoms with E-state index in [0.717, 1.165) is 24.4 Å². The SMILES string of the molecule is CC(C)c1ccc(-c2cnc(CCCN)[nH]2)cc1. The number of benzene rings is 1. The van der Waals surface area contributed by atoms with Gasteiger partial charge in [-0.15, -0.1) is 0 Å². The second-order valence-corrected chi connectivity index (χ2v) is 4.91. The lowest BCUT2D eigenvalue weighted by Gasteiger charge is -2.05. The van der Waals surface area contributed by atoms with E-state index >= 15 is 0 Å². The Bertz CT molecular complexity index is 483. The molecule has 3 N–H and O–H groups in total. The second kappa shape index (κ2) is 5.83. The Balaban J connectivity index is 2.13. The van der Waals surface area contributed by atoms with E-state index in [1.165, 1.54) is 11.1 Å². The molecule has 0 aliphatic heterocycles. The number of nitrogens with zero attached hydrogens (tertiary/aromatic N) is 1. The summed E-state index contributed by atoms with van der Waals surface area (Å²) in [5.74, 6) is 1.59. The molecule has 2 rings (SSSR count). The van der Waals surface area contributed by atoms with Crippen LogP contribution in [0.1, 0.15) is 37.6 Å². The fraction of sp³-hybridized carbons (Fsp3) is 0.400. The zero-order valence-corrected chi connectivity index (χ0v) is 11.1. The lowest BCUT2D eigenvalue weighted by molar-refractivity contribution is 0.794. The second-order valence-electron chi connectivity index (χ2n) is 4.91. The average Bonchev–Trinajstić information content (AvgIpc) is 2.85.